The van der Waals surface area contributed by atoms with Crippen molar-refractivity contribution in [3.8, 4) is 6.07 Å². The van der Waals surface area contributed by atoms with Gasteiger partial charge in [0.25, 0.3) is 0 Å². The number of unbranched alkanes of at least 4 members (excludes halogenated alkanes) is 1. The number of alkyl halides is 3. The van der Waals surface area contributed by atoms with Gasteiger partial charge in [-0.05, 0) is 92.0 Å². The van der Waals surface area contributed by atoms with Gasteiger partial charge in [-0.3, -0.25) is 9.48 Å². The molecule has 1 heterocycles. The molecule has 3 aromatic rings. The molecule has 4 rings (SSSR count). The van der Waals surface area contributed by atoms with Gasteiger partial charge in [0, 0.05) is 45.3 Å². The molecule has 0 fully saturated rings. The minimum atomic E-state index is -4.57. The molecule has 2 aromatic carbocycles. The van der Waals surface area contributed by atoms with Crippen molar-refractivity contribution in [2.75, 3.05) is 30.0 Å². The van der Waals surface area contributed by atoms with Crippen LogP contribution in [0.1, 0.15) is 72.4 Å². The first-order valence-corrected chi connectivity index (χ1v) is 14.3. The van der Waals surface area contributed by atoms with Crippen LogP contribution in [0.4, 0.5) is 24.8 Å². The summed E-state index contributed by atoms with van der Waals surface area (Å²) in [6.07, 6.45) is 3.12. The van der Waals surface area contributed by atoms with E-state index < -0.39 is 11.7 Å². The predicted molar refractivity (Wildman–Crippen MR) is 161 cm³/mol. The lowest BCUT2D eigenvalue weighted by atomic mass is 9.89. The summed E-state index contributed by atoms with van der Waals surface area (Å²) in [4.78, 5) is 20.2. The second-order valence-electron chi connectivity index (χ2n) is 10.7. The molecule has 43 heavy (non-hydrogen) atoms. The Hall–Kier alpha value is -3.78. The molecule has 8 nitrogen and oxygen atoms in total. The van der Waals surface area contributed by atoms with Crippen LogP contribution < -0.4 is 9.80 Å². The summed E-state index contributed by atoms with van der Waals surface area (Å²) in [7, 11) is 3.13. The minimum Gasteiger partial charge on any atom is -0.469 e. The summed E-state index contributed by atoms with van der Waals surface area (Å²) in [6, 6.07) is 9.78. The van der Waals surface area contributed by atoms with Crippen LogP contribution in [0, 0.1) is 11.3 Å². The fourth-order valence-corrected chi connectivity index (χ4v) is 5.48. The van der Waals surface area contributed by atoms with Crippen molar-refractivity contribution < 1.29 is 22.7 Å². The number of aryl methyl sites for hydroxylation is 3. The topological polar surface area (TPSA) is 87.3 Å². The van der Waals surface area contributed by atoms with E-state index in [4.69, 9.17) is 4.74 Å². The lowest BCUT2D eigenvalue weighted by Gasteiger charge is -2.31. The van der Waals surface area contributed by atoms with Crippen molar-refractivity contribution in [3.63, 3.8) is 0 Å². The number of carbonyl (C=O) groups is 1. The fraction of sp³-hybridized carbons (Fsp3) is 0.484. The van der Waals surface area contributed by atoms with Gasteiger partial charge in [-0.1, -0.05) is 6.07 Å². The zero-order chi connectivity index (χ0) is 30.3. The molecular formula is C31H38ClF3N6O2. The number of benzene rings is 2. The zero-order valence-corrected chi connectivity index (χ0v) is 25.6. The van der Waals surface area contributed by atoms with Gasteiger partial charge in [0.15, 0.2) is 0 Å². The van der Waals surface area contributed by atoms with Gasteiger partial charge >= 0.3 is 12.1 Å². The van der Waals surface area contributed by atoms with Crippen molar-refractivity contribution in [2.45, 2.75) is 71.1 Å². The number of hydrogen-bond donors (Lipinski definition) is 0. The smallest absolute Gasteiger partial charge is 0.416 e. The second kappa shape index (κ2) is 15.1. The molecule has 232 valence electrons. The lowest BCUT2D eigenvalue weighted by Crippen LogP contribution is -2.29. The molecule has 0 atom stereocenters. The molecule has 1 aromatic heterocycles. The van der Waals surface area contributed by atoms with E-state index in [0.717, 1.165) is 68.6 Å². The van der Waals surface area contributed by atoms with Gasteiger partial charge in [0.05, 0.1) is 24.3 Å². The van der Waals surface area contributed by atoms with E-state index in [1.165, 1.54) is 24.3 Å². The maximum atomic E-state index is 13.6. The van der Waals surface area contributed by atoms with Gasteiger partial charge in [0.2, 0.25) is 5.95 Å². The molecule has 0 N–H and O–H groups in total. The van der Waals surface area contributed by atoms with Gasteiger partial charge in [-0.15, -0.1) is 17.5 Å². The number of rotatable bonds is 12. The molecule has 12 heteroatoms. The Morgan fingerprint density at radius 1 is 1.07 bits per heavy atom. The first-order chi connectivity index (χ1) is 20.1. The zero-order valence-electron chi connectivity index (χ0n) is 24.8. The van der Waals surface area contributed by atoms with Crippen LogP contribution in [0.15, 0.2) is 36.7 Å². The average Bonchev–Trinajstić information content (AvgIpc) is 3.42. The van der Waals surface area contributed by atoms with E-state index in [-0.39, 0.29) is 30.5 Å². The van der Waals surface area contributed by atoms with E-state index in [9.17, 15) is 23.2 Å². The van der Waals surface area contributed by atoms with E-state index in [0.29, 0.717) is 30.9 Å². The summed E-state index contributed by atoms with van der Waals surface area (Å²) in [5.74, 6) is 0.165. The van der Waals surface area contributed by atoms with Crippen molar-refractivity contribution >= 4 is 30.0 Å². The molecule has 0 bridgehead atoms. The first kappa shape index (κ1) is 33.7. The summed E-state index contributed by atoms with van der Waals surface area (Å²) in [5.41, 5.74) is 4.16. The number of carbonyl (C=O) groups excluding carboxylic acids is 1. The molecule has 1 aliphatic carbocycles. The third-order valence-electron chi connectivity index (χ3n) is 7.61. The Balaban J connectivity index is 0.00000506. The number of esters is 1. The van der Waals surface area contributed by atoms with E-state index in [1.807, 2.05) is 11.0 Å². The standard InChI is InChI=1S/C31H37F3N6O2.ClH/c1-4-39(12-8-7-11-29(41)42-3)28-17-25-10-6-5-9-24(25)16-26(28)20-40(30-36-21-38(2)37-30)19-23-13-22(18-35)14-27(15-23)31(32,33)34;/h13-17,21H,4-12,19-20H2,1-3H3;1H. The maximum Gasteiger partial charge on any atom is 0.416 e. The molecular weight excluding hydrogens is 581 g/mol. The number of methoxy groups -OCH3 is 1. The number of ether oxygens (including phenoxy) is 1. The van der Waals surface area contributed by atoms with Gasteiger partial charge in [-0.2, -0.15) is 18.4 Å². The highest BCUT2D eigenvalue weighted by Gasteiger charge is 2.31. The van der Waals surface area contributed by atoms with Crippen molar-refractivity contribution in [2.24, 2.45) is 7.05 Å². The van der Waals surface area contributed by atoms with Crippen LogP contribution in [0.2, 0.25) is 0 Å². The summed E-state index contributed by atoms with van der Waals surface area (Å²) < 4.78 is 47.3. The summed E-state index contributed by atoms with van der Waals surface area (Å²) >= 11 is 0. The normalized spacial score (nSPS) is 12.6. The Labute approximate surface area is 256 Å². The van der Waals surface area contributed by atoms with Crippen LogP contribution in [0.5, 0.6) is 0 Å². The highest BCUT2D eigenvalue weighted by Crippen LogP contribution is 2.34. The molecule has 1 aliphatic rings. The highest BCUT2D eigenvalue weighted by atomic mass is 35.5. The first-order valence-electron chi connectivity index (χ1n) is 14.3. The Morgan fingerprint density at radius 2 is 1.79 bits per heavy atom. The fourth-order valence-electron chi connectivity index (χ4n) is 5.48. The summed E-state index contributed by atoms with van der Waals surface area (Å²) in [6.45, 7) is 4.05. The third kappa shape index (κ3) is 8.86. The molecule has 0 saturated carbocycles. The van der Waals surface area contributed by atoms with Crippen LogP contribution in [0.25, 0.3) is 0 Å². The van der Waals surface area contributed by atoms with Crippen LogP contribution >= 0.6 is 12.4 Å². The molecule has 0 spiro atoms. The third-order valence-corrected chi connectivity index (χ3v) is 7.61. The molecule has 0 saturated heterocycles. The minimum absolute atomic E-state index is 0. The van der Waals surface area contributed by atoms with Crippen LogP contribution in [0.3, 0.4) is 0 Å². The highest BCUT2D eigenvalue weighted by molar-refractivity contribution is 5.85. The van der Waals surface area contributed by atoms with Crippen molar-refractivity contribution in [3.05, 3.63) is 70.0 Å². The largest absolute Gasteiger partial charge is 0.469 e. The number of hydrogen-bond acceptors (Lipinski definition) is 7. The monoisotopic (exact) mass is 618 g/mol. The molecule has 0 unspecified atom stereocenters. The second-order valence-corrected chi connectivity index (χ2v) is 10.7. The lowest BCUT2D eigenvalue weighted by molar-refractivity contribution is -0.140. The molecule has 0 aliphatic heterocycles. The quantitative estimate of drug-likeness (QED) is 0.172. The Bertz CT molecular complexity index is 1440. The van der Waals surface area contributed by atoms with Crippen LogP contribution in [-0.4, -0.2) is 40.9 Å². The van der Waals surface area contributed by atoms with Crippen molar-refractivity contribution in [1.29, 1.82) is 5.26 Å². The van der Waals surface area contributed by atoms with E-state index >= 15 is 0 Å². The van der Waals surface area contributed by atoms with Gasteiger partial charge < -0.3 is 14.5 Å². The molecule has 0 amide bonds. The number of halogens is 4. The Kier molecular flexibility index (Phi) is 11.8. The summed E-state index contributed by atoms with van der Waals surface area (Å²) in [5, 5.41) is 13.9. The molecule has 0 radical (unpaired) electrons. The van der Waals surface area contributed by atoms with Crippen molar-refractivity contribution in [1.82, 2.24) is 14.8 Å². The van der Waals surface area contributed by atoms with Gasteiger partial charge in [-0.25, -0.2) is 4.98 Å². The maximum absolute atomic E-state index is 13.6. The van der Waals surface area contributed by atoms with Gasteiger partial charge in [0.1, 0.15) is 6.33 Å². The number of nitrogens with zero attached hydrogens (tertiary/aromatic N) is 6. The Morgan fingerprint density at radius 3 is 2.40 bits per heavy atom. The van der Waals surface area contributed by atoms with E-state index in [1.54, 1.807) is 18.1 Å². The number of aromatic nitrogens is 3. The SMILES string of the molecule is CCN(CCCCC(=O)OC)c1cc2c(cc1CN(Cc1cc(C#N)cc(C(F)(F)F)c1)c1ncn(C)n1)CCCC2.Cl. The average molecular weight is 619 g/mol. The number of fused-ring (bicyclic) bond motifs is 1. The number of nitriles is 1. The number of anilines is 2. The predicted octanol–water partition coefficient (Wildman–Crippen LogP) is 6.38. The van der Waals surface area contributed by atoms with E-state index in [2.05, 4.69) is 34.0 Å². The van der Waals surface area contributed by atoms with Crippen LogP contribution in [-0.2, 0) is 48.7 Å².